The molecule has 0 amide bonds. The van der Waals surface area contributed by atoms with Gasteiger partial charge in [0, 0.05) is 44.8 Å². The van der Waals surface area contributed by atoms with Crippen molar-refractivity contribution in [2.24, 2.45) is 5.92 Å². The van der Waals surface area contributed by atoms with Crippen LogP contribution in [0.4, 0.5) is 11.8 Å². The Hall–Kier alpha value is -1.40. The first-order chi connectivity index (χ1) is 12.7. The normalized spacial score (nSPS) is 31.4. The van der Waals surface area contributed by atoms with Crippen molar-refractivity contribution in [3.8, 4) is 0 Å². The molecular weight excluding hydrogens is 326 g/mol. The standard InChI is InChI=1S/C20H31N5O/c1-24(2)20-22-17-6-4-3-5-16(17)19(23-20)21-14-9-15-12-26-18(13-7-8-13)11-25(15)10-14/h13-15,18H,3-12H2,1-2H3,(H,21,22,23)/t14-,15-,18+/m0/s1. The summed E-state index contributed by atoms with van der Waals surface area (Å²) in [5.74, 6) is 2.75. The van der Waals surface area contributed by atoms with Crippen LogP contribution in [0.2, 0.25) is 0 Å². The highest BCUT2D eigenvalue weighted by molar-refractivity contribution is 5.52. The number of ether oxygens (including phenoxy) is 1. The van der Waals surface area contributed by atoms with Gasteiger partial charge in [0.15, 0.2) is 0 Å². The predicted molar refractivity (Wildman–Crippen MR) is 103 cm³/mol. The number of fused-ring (bicyclic) bond motifs is 2. The minimum Gasteiger partial charge on any atom is -0.375 e. The van der Waals surface area contributed by atoms with Gasteiger partial charge >= 0.3 is 0 Å². The number of hydrogen-bond acceptors (Lipinski definition) is 6. The fourth-order valence-electron chi connectivity index (χ4n) is 4.85. The van der Waals surface area contributed by atoms with E-state index < -0.39 is 0 Å². The molecule has 1 N–H and O–H groups in total. The fraction of sp³-hybridized carbons (Fsp3) is 0.800. The van der Waals surface area contributed by atoms with Crippen molar-refractivity contribution in [2.45, 2.75) is 63.1 Å². The van der Waals surface area contributed by atoms with Gasteiger partial charge in [0.1, 0.15) is 5.82 Å². The summed E-state index contributed by atoms with van der Waals surface area (Å²) in [6, 6.07) is 1.05. The maximum atomic E-state index is 6.15. The molecule has 2 aliphatic carbocycles. The second-order valence-corrected chi connectivity index (χ2v) is 8.79. The van der Waals surface area contributed by atoms with Gasteiger partial charge in [-0.3, -0.25) is 4.90 Å². The highest BCUT2D eigenvalue weighted by Gasteiger charge is 2.42. The number of hydrogen-bond donors (Lipinski definition) is 1. The number of aryl methyl sites for hydroxylation is 1. The molecular formula is C20H31N5O. The van der Waals surface area contributed by atoms with Crippen LogP contribution in [-0.4, -0.2) is 66.8 Å². The quantitative estimate of drug-likeness (QED) is 0.890. The number of aromatic nitrogens is 2. The zero-order valence-corrected chi connectivity index (χ0v) is 16.1. The van der Waals surface area contributed by atoms with E-state index >= 15 is 0 Å². The summed E-state index contributed by atoms with van der Waals surface area (Å²) in [4.78, 5) is 14.4. The average Bonchev–Trinajstić information content (AvgIpc) is 3.41. The van der Waals surface area contributed by atoms with Crippen LogP contribution < -0.4 is 10.2 Å². The monoisotopic (exact) mass is 357 g/mol. The molecule has 3 fully saturated rings. The molecule has 6 heteroatoms. The van der Waals surface area contributed by atoms with Gasteiger partial charge in [0.25, 0.3) is 0 Å². The molecule has 0 bridgehead atoms. The number of nitrogens with one attached hydrogen (secondary N) is 1. The van der Waals surface area contributed by atoms with Gasteiger partial charge in [-0.05, 0) is 50.9 Å². The Morgan fingerprint density at radius 3 is 2.77 bits per heavy atom. The van der Waals surface area contributed by atoms with Crippen LogP contribution in [-0.2, 0) is 17.6 Å². The third kappa shape index (κ3) is 3.18. The van der Waals surface area contributed by atoms with E-state index in [0.717, 1.165) is 56.6 Å². The Morgan fingerprint density at radius 2 is 1.96 bits per heavy atom. The van der Waals surface area contributed by atoms with Crippen molar-refractivity contribution in [1.29, 1.82) is 0 Å². The van der Waals surface area contributed by atoms with Crippen LogP contribution in [0, 0.1) is 5.92 Å². The van der Waals surface area contributed by atoms with E-state index in [1.165, 1.54) is 36.9 Å². The number of nitrogens with zero attached hydrogens (tertiary/aromatic N) is 4. The van der Waals surface area contributed by atoms with Gasteiger partial charge in [0.05, 0.1) is 18.4 Å². The lowest BCUT2D eigenvalue weighted by Gasteiger charge is -2.35. The fourth-order valence-corrected chi connectivity index (χ4v) is 4.85. The molecule has 6 nitrogen and oxygen atoms in total. The number of rotatable bonds is 4. The molecule has 4 aliphatic rings. The Labute approximate surface area is 156 Å². The van der Waals surface area contributed by atoms with E-state index in [9.17, 15) is 0 Å². The van der Waals surface area contributed by atoms with Crippen molar-refractivity contribution in [2.75, 3.05) is 44.0 Å². The maximum Gasteiger partial charge on any atom is 0.227 e. The largest absolute Gasteiger partial charge is 0.375 e. The van der Waals surface area contributed by atoms with Crippen molar-refractivity contribution in [1.82, 2.24) is 14.9 Å². The molecule has 5 rings (SSSR count). The van der Waals surface area contributed by atoms with Crippen LogP contribution in [0.1, 0.15) is 43.4 Å². The Kier molecular flexibility index (Phi) is 4.28. The molecule has 3 heterocycles. The minimum atomic E-state index is 0.470. The minimum absolute atomic E-state index is 0.470. The number of morpholine rings is 1. The molecule has 1 saturated carbocycles. The summed E-state index contributed by atoms with van der Waals surface area (Å²) in [5, 5.41) is 3.81. The first-order valence-corrected chi connectivity index (χ1v) is 10.4. The van der Waals surface area contributed by atoms with E-state index in [-0.39, 0.29) is 0 Å². The lowest BCUT2D eigenvalue weighted by atomic mass is 9.96. The zero-order valence-electron chi connectivity index (χ0n) is 16.1. The molecule has 2 saturated heterocycles. The predicted octanol–water partition coefficient (Wildman–Crippen LogP) is 2.08. The lowest BCUT2D eigenvalue weighted by molar-refractivity contribution is -0.0581. The van der Waals surface area contributed by atoms with E-state index in [0.29, 0.717) is 18.2 Å². The van der Waals surface area contributed by atoms with E-state index in [1.807, 2.05) is 19.0 Å². The number of anilines is 2. The molecule has 2 aliphatic heterocycles. The van der Waals surface area contributed by atoms with Gasteiger partial charge in [-0.2, -0.15) is 4.98 Å². The summed E-state index contributed by atoms with van der Waals surface area (Å²) < 4.78 is 6.15. The highest BCUT2D eigenvalue weighted by atomic mass is 16.5. The first-order valence-electron chi connectivity index (χ1n) is 10.4. The van der Waals surface area contributed by atoms with Gasteiger partial charge in [0.2, 0.25) is 5.95 Å². The molecule has 1 aromatic rings. The molecule has 142 valence electrons. The third-order valence-electron chi connectivity index (χ3n) is 6.50. The molecule has 0 radical (unpaired) electrons. The van der Waals surface area contributed by atoms with E-state index in [4.69, 9.17) is 14.7 Å². The summed E-state index contributed by atoms with van der Waals surface area (Å²) >= 11 is 0. The molecule has 0 unspecified atom stereocenters. The molecule has 0 spiro atoms. The topological polar surface area (TPSA) is 53.5 Å². The van der Waals surface area contributed by atoms with E-state index in [2.05, 4.69) is 10.2 Å². The van der Waals surface area contributed by atoms with Crippen LogP contribution >= 0.6 is 0 Å². The van der Waals surface area contributed by atoms with Crippen LogP contribution in [0.25, 0.3) is 0 Å². The van der Waals surface area contributed by atoms with Crippen LogP contribution in [0.5, 0.6) is 0 Å². The van der Waals surface area contributed by atoms with Gasteiger partial charge in [-0.15, -0.1) is 0 Å². The molecule has 1 aromatic heterocycles. The van der Waals surface area contributed by atoms with Crippen molar-refractivity contribution < 1.29 is 4.74 Å². The first kappa shape index (κ1) is 16.8. The van der Waals surface area contributed by atoms with Gasteiger partial charge in [-0.25, -0.2) is 4.98 Å². The van der Waals surface area contributed by atoms with Gasteiger partial charge < -0.3 is 15.0 Å². The lowest BCUT2D eigenvalue weighted by Crippen LogP contribution is -2.47. The van der Waals surface area contributed by atoms with Crippen molar-refractivity contribution >= 4 is 11.8 Å². The summed E-state index contributed by atoms with van der Waals surface area (Å²) in [6.07, 6.45) is 9.07. The maximum absolute atomic E-state index is 6.15. The summed E-state index contributed by atoms with van der Waals surface area (Å²) in [7, 11) is 4.05. The van der Waals surface area contributed by atoms with Crippen LogP contribution in [0.3, 0.4) is 0 Å². The molecule has 3 atom stereocenters. The summed E-state index contributed by atoms with van der Waals surface area (Å²) in [6.45, 7) is 3.15. The zero-order chi connectivity index (χ0) is 17.7. The Bertz CT molecular complexity index is 674. The highest BCUT2D eigenvalue weighted by Crippen LogP contribution is 2.38. The molecule has 26 heavy (non-hydrogen) atoms. The van der Waals surface area contributed by atoms with Gasteiger partial charge in [-0.1, -0.05) is 0 Å². The second-order valence-electron chi connectivity index (χ2n) is 8.79. The van der Waals surface area contributed by atoms with E-state index in [1.54, 1.807) is 0 Å². The van der Waals surface area contributed by atoms with Crippen molar-refractivity contribution in [3.05, 3.63) is 11.3 Å². The Morgan fingerprint density at radius 1 is 1.12 bits per heavy atom. The Balaban J connectivity index is 1.32. The van der Waals surface area contributed by atoms with Crippen molar-refractivity contribution in [3.63, 3.8) is 0 Å². The molecule has 0 aromatic carbocycles. The second kappa shape index (κ2) is 6.64. The van der Waals surface area contributed by atoms with Crippen LogP contribution in [0.15, 0.2) is 0 Å². The SMILES string of the molecule is CN(C)c1nc2c(c(N[C@H]3C[C@H]4CO[C@@H](C5CC5)CN4C3)n1)CCCC2. The summed E-state index contributed by atoms with van der Waals surface area (Å²) in [5.41, 5.74) is 2.61. The smallest absolute Gasteiger partial charge is 0.227 e. The average molecular weight is 358 g/mol. The third-order valence-corrected chi connectivity index (χ3v) is 6.50.